The average molecular weight is 444 g/mol. The molecule has 9 heteroatoms. The summed E-state index contributed by atoms with van der Waals surface area (Å²) in [5.74, 6) is 0.547. The van der Waals surface area contributed by atoms with Crippen LogP contribution in [0.1, 0.15) is 16.6 Å². The minimum Gasteiger partial charge on any atom is -0.493 e. The minimum atomic E-state index is -0.201. The summed E-state index contributed by atoms with van der Waals surface area (Å²) in [4.78, 5) is 25.8. The number of carbonyl (C=O) groups excluding carboxylic acids is 2. The number of ether oxygens (including phenoxy) is 2. The summed E-state index contributed by atoms with van der Waals surface area (Å²) >= 11 is 7.36. The topological polar surface area (TPSA) is 79.9 Å². The van der Waals surface area contributed by atoms with E-state index in [1.165, 1.54) is 30.4 Å². The molecule has 0 fully saturated rings. The van der Waals surface area contributed by atoms with Crippen molar-refractivity contribution in [2.75, 3.05) is 24.2 Å². The third-order valence-electron chi connectivity index (χ3n) is 4.40. The first-order chi connectivity index (χ1) is 14.5. The number of nitrogens with zero attached hydrogens (tertiary/aromatic N) is 1. The van der Waals surface area contributed by atoms with Gasteiger partial charge in [0.15, 0.2) is 17.3 Å². The quantitative estimate of drug-likeness (QED) is 0.582. The van der Waals surface area contributed by atoms with Gasteiger partial charge in [0, 0.05) is 16.0 Å². The van der Waals surface area contributed by atoms with Crippen LogP contribution >= 0.6 is 22.9 Å². The molecule has 1 aliphatic heterocycles. The molecule has 1 aromatic heterocycles. The molecule has 2 aromatic carbocycles. The van der Waals surface area contributed by atoms with Crippen molar-refractivity contribution in [3.63, 3.8) is 0 Å². The number of rotatable bonds is 6. The molecular formula is C21H18ClN3O4S. The number of anilines is 2. The van der Waals surface area contributed by atoms with E-state index in [0.29, 0.717) is 32.8 Å². The number of amides is 1. The number of ketones is 1. The predicted octanol–water partition coefficient (Wildman–Crippen LogP) is 4.54. The molecule has 0 spiro atoms. The highest BCUT2D eigenvalue weighted by Gasteiger charge is 2.29. The van der Waals surface area contributed by atoms with E-state index in [2.05, 4.69) is 11.0 Å². The first-order valence-electron chi connectivity index (χ1n) is 9.02. The van der Waals surface area contributed by atoms with Gasteiger partial charge in [-0.2, -0.15) is 0 Å². The molecule has 2 heterocycles. The third-order valence-corrected chi connectivity index (χ3v) is 5.82. The van der Waals surface area contributed by atoms with E-state index < -0.39 is 0 Å². The van der Waals surface area contributed by atoms with Crippen LogP contribution in [0.15, 0.2) is 48.5 Å². The zero-order chi connectivity index (χ0) is 21.3. The fraction of sp³-hybridized carbons (Fsp3) is 0.143. The molecule has 0 radical (unpaired) electrons. The van der Waals surface area contributed by atoms with Gasteiger partial charge < -0.3 is 14.9 Å². The van der Waals surface area contributed by atoms with E-state index in [1.54, 1.807) is 18.2 Å². The van der Waals surface area contributed by atoms with Gasteiger partial charge in [0.2, 0.25) is 0 Å². The third kappa shape index (κ3) is 3.97. The Morgan fingerprint density at radius 2 is 1.90 bits per heavy atom. The Kier molecular flexibility index (Phi) is 5.63. The molecule has 0 aliphatic carbocycles. The maximum atomic E-state index is 13.1. The highest BCUT2D eigenvalue weighted by molar-refractivity contribution is 7.18. The molecule has 30 heavy (non-hydrogen) atoms. The van der Waals surface area contributed by atoms with Gasteiger partial charge in [-0.25, -0.2) is 5.01 Å². The molecule has 0 unspecified atom stereocenters. The van der Waals surface area contributed by atoms with Gasteiger partial charge in [0.1, 0.15) is 11.5 Å². The van der Waals surface area contributed by atoms with Crippen LogP contribution in [-0.4, -0.2) is 25.4 Å². The number of benzene rings is 2. The first kappa shape index (κ1) is 20.2. The van der Waals surface area contributed by atoms with Gasteiger partial charge in [0.05, 0.1) is 18.5 Å². The molecule has 2 N–H and O–H groups in total. The van der Waals surface area contributed by atoms with Crippen molar-refractivity contribution in [1.29, 1.82) is 0 Å². The highest BCUT2D eigenvalue weighted by atomic mass is 35.5. The van der Waals surface area contributed by atoms with Crippen molar-refractivity contribution in [3.05, 3.63) is 58.4 Å². The Balaban J connectivity index is 1.60. The predicted molar refractivity (Wildman–Crippen MR) is 118 cm³/mol. The summed E-state index contributed by atoms with van der Waals surface area (Å²) in [5, 5.41) is 2.05. The zero-order valence-electron chi connectivity index (χ0n) is 16.2. The second kappa shape index (κ2) is 8.35. The maximum Gasteiger partial charge on any atom is 0.286 e. The largest absolute Gasteiger partial charge is 0.493 e. The Morgan fingerprint density at radius 1 is 1.13 bits per heavy atom. The SMILES string of the molecule is COc1cc(N2NNc3cc(-c4ccc(Cl)cc4)sc3C2=O)ccc1OCC(C)=O. The van der Waals surface area contributed by atoms with E-state index >= 15 is 0 Å². The van der Waals surface area contributed by atoms with E-state index in [9.17, 15) is 9.59 Å². The molecular weight excluding hydrogens is 426 g/mol. The van der Waals surface area contributed by atoms with Crippen molar-refractivity contribution in [2.45, 2.75) is 6.92 Å². The van der Waals surface area contributed by atoms with Crippen LogP contribution in [0.25, 0.3) is 10.4 Å². The van der Waals surface area contributed by atoms with Crippen molar-refractivity contribution in [3.8, 4) is 21.9 Å². The van der Waals surface area contributed by atoms with Gasteiger partial charge in [-0.3, -0.25) is 9.59 Å². The lowest BCUT2D eigenvalue weighted by Gasteiger charge is -2.28. The van der Waals surface area contributed by atoms with Crippen LogP contribution in [0.3, 0.4) is 0 Å². The number of nitrogens with one attached hydrogen (secondary N) is 2. The second-order valence-corrected chi connectivity index (χ2v) is 8.05. The van der Waals surface area contributed by atoms with Crippen molar-refractivity contribution < 1.29 is 19.1 Å². The van der Waals surface area contributed by atoms with Crippen LogP contribution in [0.2, 0.25) is 5.02 Å². The molecule has 0 bridgehead atoms. The van der Waals surface area contributed by atoms with E-state index in [1.807, 2.05) is 30.3 Å². The van der Waals surface area contributed by atoms with Crippen molar-refractivity contribution in [2.24, 2.45) is 0 Å². The molecule has 0 saturated heterocycles. The lowest BCUT2D eigenvalue weighted by atomic mass is 10.2. The van der Waals surface area contributed by atoms with Crippen molar-refractivity contribution in [1.82, 2.24) is 5.53 Å². The Bertz CT molecular complexity index is 1110. The highest BCUT2D eigenvalue weighted by Crippen LogP contribution is 2.39. The zero-order valence-corrected chi connectivity index (χ0v) is 17.8. The molecule has 0 atom stereocenters. The van der Waals surface area contributed by atoms with Gasteiger partial charge in [-0.15, -0.1) is 16.9 Å². The Labute approximate surface area is 182 Å². The summed E-state index contributed by atoms with van der Waals surface area (Å²) < 4.78 is 10.8. The first-order valence-corrected chi connectivity index (χ1v) is 10.2. The van der Waals surface area contributed by atoms with Crippen LogP contribution in [0.5, 0.6) is 11.5 Å². The van der Waals surface area contributed by atoms with Crippen LogP contribution in [-0.2, 0) is 4.79 Å². The second-order valence-electron chi connectivity index (χ2n) is 6.56. The summed E-state index contributed by atoms with van der Waals surface area (Å²) in [6, 6.07) is 14.4. The van der Waals surface area contributed by atoms with Gasteiger partial charge in [0.25, 0.3) is 5.91 Å². The van der Waals surface area contributed by atoms with Crippen LogP contribution in [0, 0.1) is 0 Å². The summed E-state index contributed by atoms with van der Waals surface area (Å²) in [5.41, 5.74) is 8.21. The molecule has 1 aliphatic rings. The van der Waals surface area contributed by atoms with E-state index in [0.717, 1.165) is 10.4 Å². The lowest BCUT2D eigenvalue weighted by molar-refractivity contribution is -0.118. The molecule has 3 aromatic rings. The van der Waals surface area contributed by atoms with Gasteiger partial charge in [-0.05, 0) is 42.8 Å². The van der Waals surface area contributed by atoms with Gasteiger partial charge in [-0.1, -0.05) is 23.7 Å². The van der Waals surface area contributed by atoms with E-state index in [4.69, 9.17) is 21.1 Å². The fourth-order valence-corrected chi connectivity index (χ4v) is 4.12. The van der Waals surface area contributed by atoms with Crippen molar-refractivity contribution >= 4 is 46.0 Å². The monoisotopic (exact) mass is 443 g/mol. The number of halogens is 1. The number of fused-ring (bicyclic) bond motifs is 1. The van der Waals surface area contributed by atoms with Gasteiger partial charge >= 0.3 is 0 Å². The number of carbonyl (C=O) groups is 2. The molecule has 154 valence electrons. The molecule has 0 saturated carbocycles. The molecule has 7 nitrogen and oxygen atoms in total. The number of hydrogen-bond acceptors (Lipinski definition) is 7. The fourth-order valence-electron chi connectivity index (χ4n) is 2.94. The smallest absolute Gasteiger partial charge is 0.286 e. The Hall–Kier alpha value is -3.07. The summed E-state index contributed by atoms with van der Waals surface area (Å²) in [6.07, 6.45) is 0. The molecule has 4 rings (SSSR count). The van der Waals surface area contributed by atoms with Crippen LogP contribution < -0.4 is 25.4 Å². The average Bonchev–Trinajstić information content (AvgIpc) is 3.18. The summed E-state index contributed by atoms with van der Waals surface area (Å²) in [6.45, 7) is 1.39. The van der Waals surface area contributed by atoms with Crippen LogP contribution in [0.4, 0.5) is 11.4 Å². The number of methoxy groups -OCH3 is 1. The number of hydrazine groups is 2. The lowest BCUT2D eigenvalue weighted by Crippen LogP contribution is -2.49. The number of Topliss-reactive ketones (excluding diaryl/α,β-unsaturated/α-hetero) is 1. The normalized spacial score (nSPS) is 12.9. The molecule has 1 amide bonds. The maximum absolute atomic E-state index is 13.1. The Morgan fingerprint density at radius 3 is 2.60 bits per heavy atom. The van der Waals surface area contributed by atoms with E-state index in [-0.39, 0.29) is 18.3 Å². The number of hydrogen-bond donors (Lipinski definition) is 2. The summed E-state index contributed by atoms with van der Waals surface area (Å²) in [7, 11) is 1.50. The standard InChI is InChI=1S/C21H18ClN3O4S/c1-12(26)11-29-17-8-7-15(9-18(17)28-2)25-21(27)20-16(23-24-25)10-19(30-20)13-3-5-14(22)6-4-13/h3-10,23-24H,11H2,1-2H3. The minimum absolute atomic E-state index is 0.0514. The number of thiophene rings is 1.